The first kappa shape index (κ1) is 23.2. The van der Waals surface area contributed by atoms with Gasteiger partial charge in [-0.05, 0) is 25.0 Å². The van der Waals surface area contributed by atoms with Crippen LogP contribution in [0.2, 0.25) is 0 Å². The number of pyridine rings is 1. The first-order valence-electron chi connectivity index (χ1n) is 9.66. The molecule has 1 N–H and O–H groups in total. The Balaban J connectivity index is 1.63. The van der Waals surface area contributed by atoms with Crippen LogP contribution in [0.5, 0.6) is 17.4 Å². The predicted molar refractivity (Wildman–Crippen MR) is 110 cm³/mol. The summed E-state index contributed by atoms with van der Waals surface area (Å²) in [5.74, 6) is 0.474. The van der Waals surface area contributed by atoms with Crippen molar-refractivity contribution in [3.05, 3.63) is 41.1 Å². The average molecular weight is 452 g/mol. The molecule has 8 nitrogen and oxygen atoms in total. The minimum atomic E-state index is -4.62. The van der Waals surface area contributed by atoms with Gasteiger partial charge in [-0.1, -0.05) is 6.07 Å². The smallest absolute Gasteiger partial charge is 0.417 e. The zero-order valence-electron chi connectivity index (χ0n) is 18.0. The lowest BCUT2D eigenvalue weighted by atomic mass is 10.1. The topological polar surface area (TPSA) is 87.5 Å². The summed E-state index contributed by atoms with van der Waals surface area (Å²) >= 11 is 0. The van der Waals surface area contributed by atoms with E-state index >= 15 is 0 Å². The van der Waals surface area contributed by atoms with E-state index in [1.165, 1.54) is 25.8 Å². The molecule has 32 heavy (non-hydrogen) atoms. The van der Waals surface area contributed by atoms with Crippen LogP contribution in [-0.2, 0) is 24.4 Å². The number of hydrogen-bond acceptors (Lipinski definition) is 6. The molecule has 11 heteroatoms. The summed E-state index contributed by atoms with van der Waals surface area (Å²) in [6.07, 6.45) is -4.14. The molecule has 3 rings (SSSR count). The number of ether oxygens (including phenoxy) is 3. The molecule has 0 aliphatic heterocycles. The summed E-state index contributed by atoms with van der Waals surface area (Å²) in [5, 5.41) is 6.56. The fourth-order valence-electron chi connectivity index (χ4n) is 3.30. The van der Waals surface area contributed by atoms with Crippen molar-refractivity contribution in [1.82, 2.24) is 20.1 Å². The number of rotatable bonds is 8. The Morgan fingerprint density at radius 3 is 2.59 bits per heavy atom. The highest BCUT2D eigenvalue weighted by atomic mass is 19.4. The standard InChI is InChI=1S/C21H23F3N4O4/c1-12-19-15(21(22,23)24)10-18(26-20(19)28(2)27-12)32-11-17(29)25-8-7-13-5-6-14(30-3)9-16(13)31-4/h5-6,9-10H,7-8,11H2,1-4H3,(H,25,29). The molecule has 0 aliphatic carbocycles. The highest BCUT2D eigenvalue weighted by Gasteiger charge is 2.35. The lowest BCUT2D eigenvalue weighted by Crippen LogP contribution is -2.30. The second kappa shape index (κ2) is 9.33. The number of nitrogens with one attached hydrogen (secondary N) is 1. The average Bonchev–Trinajstić information content (AvgIpc) is 3.04. The third-order valence-corrected chi connectivity index (χ3v) is 4.81. The van der Waals surface area contributed by atoms with Crippen LogP contribution in [0, 0.1) is 6.92 Å². The third-order valence-electron chi connectivity index (χ3n) is 4.81. The van der Waals surface area contributed by atoms with Gasteiger partial charge in [-0.15, -0.1) is 0 Å². The Bertz CT molecular complexity index is 1130. The van der Waals surface area contributed by atoms with Crippen molar-refractivity contribution in [2.75, 3.05) is 27.4 Å². The van der Waals surface area contributed by atoms with Crippen molar-refractivity contribution in [2.24, 2.45) is 7.05 Å². The van der Waals surface area contributed by atoms with Crippen molar-refractivity contribution < 1.29 is 32.2 Å². The van der Waals surface area contributed by atoms with Gasteiger partial charge in [-0.3, -0.25) is 9.48 Å². The van der Waals surface area contributed by atoms with Gasteiger partial charge in [0.1, 0.15) is 11.5 Å². The molecule has 0 aliphatic rings. The van der Waals surface area contributed by atoms with Crippen LogP contribution in [-0.4, -0.2) is 48.0 Å². The van der Waals surface area contributed by atoms with Crippen molar-refractivity contribution >= 4 is 16.9 Å². The first-order valence-corrected chi connectivity index (χ1v) is 9.66. The maximum absolute atomic E-state index is 13.5. The van der Waals surface area contributed by atoms with Crippen molar-refractivity contribution in [1.29, 1.82) is 0 Å². The fraction of sp³-hybridized carbons (Fsp3) is 0.381. The Morgan fingerprint density at radius 2 is 1.94 bits per heavy atom. The van der Waals surface area contributed by atoms with E-state index in [9.17, 15) is 18.0 Å². The normalized spacial score (nSPS) is 11.5. The maximum atomic E-state index is 13.5. The second-order valence-corrected chi connectivity index (χ2v) is 6.98. The summed E-state index contributed by atoms with van der Waals surface area (Å²) in [5.41, 5.74) is 0.193. The number of methoxy groups -OCH3 is 2. The van der Waals surface area contributed by atoms with Gasteiger partial charge < -0.3 is 19.5 Å². The molecule has 2 aromatic heterocycles. The molecule has 0 saturated heterocycles. The number of nitrogens with zero attached hydrogens (tertiary/aromatic N) is 3. The number of amides is 1. The highest BCUT2D eigenvalue weighted by molar-refractivity contribution is 5.83. The third kappa shape index (κ3) is 5.04. The summed E-state index contributed by atoms with van der Waals surface area (Å²) in [7, 11) is 4.58. The molecule has 1 amide bonds. The lowest BCUT2D eigenvalue weighted by molar-refractivity contribution is -0.136. The number of alkyl halides is 3. The molecule has 1 aromatic carbocycles. The monoisotopic (exact) mass is 452 g/mol. The van der Waals surface area contributed by atoms with E-state index in [4.69, 9.17) is 14.2 Å². The van der Waals surface area contributed by atoms with Gasteiger partial charge in [-0.2, -0.15) is 23.3 Å². The molecule has 3 aromatic rings. The molecule has 0 radical (unpaired) electrons. The van der Waals surface area contributed by atoms with Crippen LogP contribution in [0.15, 0.2) is 24.3 Å². The van der Waals surface area contributed by atoms with E-state index in [2.05, 4.69) is 15.4 Å². The molecule has 0 fully saturated rings. The van der Waals surface area contributed by atoms with E-state index in [1.807, 2.05) is 6.07 Å². The highest BCUT2D eigenvalue weighted by Crippen LogP contribution is 2.37. The minimum Gasteiger partial charge on any atom is -0.497 e. The number of fused-ring (bicyclic) bond motifs is 1. The van der Waals surface area contributed by atoms with Crippen LogP contribution in [0.3, 0.4) is 0 Å². The molecule has 2 heterocycles. The van der Waals surface area contributed by atoms with Gasteiger partial charge >= 0.3 is 6.18 Å². The summed E-state index contributed by atoms with van der Waals surface area (Å²) in [6, 6.07) is 6.13. The van der Waals surface area contributed by atoms with Crippen LogP contribution in [0.1, 0.15) is 16.8 Å². The zero-order chi connectivity index (χ0) is 23.5. The van der Waals surface area contributed by atoms with E-state index in [0.717, 1.165) is 11.6 Å². The molecule has 0 atom stereocenters. The molecular formula is C21H23F3N4O4. The lowest BCUT2D eigenvalue weighted by Gasteiger charge is -2.12. The maximum Gasteiger partial charge on any atom is 0.417 e. The molecule has 172 valence electrons. The van der Waals surface area contributed by atoms with E-state index in [-0.39, 0.29) is 29.2 Å². The SMILES string of the molecule is COc1ccc(CCNC(=O)COc2cc(C(F)(F)F)c3c(C)nn(C)c3n2)c(OC)c1. The molecule has 0 bridgehead atoms. The molecule has 0 spiro atoms. The number of hydrogen-bond donors (Lipinski definition) is 1. The van der Waals surface area contributed by atoms with E-state index < -0.39 is 24.3 Å². The summed E-state index contributed by atoms with van der Waals surface area (Å²) in [6.45, 7) is 1.28. The quantitative estimate of drug-likeness (QED) is 0.565. The van der Waals surface area contributed by atoms with Gasteiger partial charge in [0.05, 0.1) is 30.9 Å². The predicted octanol–water partition coefficient (Wildman–Crippen LogP) is 3.05. The fourth-order valence-corrected chi connectivity index (χ4v) is 3.30. The first-order chi connectivity index (χ1) is 15.1. The van der Waals surface area contributed by atoms with Crippen LogP contribution in [0.4, 0.5) is 13.2 Å². The summed E-state index contributed by atoms with van der Waals surface area (Å²) < 4.78 is 57.5. The van der Waals surface area contributed by atoms with Crippen LogP contribution >= 0.6 is 0 Å². The number of benzene rings is 1. The Labute approximate surface area is 182 Å². The molecular weight excluding hydrogens is 429 g/mol. The number of carbonyl (C=O) groups is 1. The van der Waals surface area contributed by atoms with Crippen molar-refractivity contribution in [3.8, 4) is 17.4 Å². The van der Waals surface area contributed by atoms with E-state index in [0.29, 0.717) is 17.9 Å². The van der Waals surface area contributed by atoms with Gasteiger partial charge in [0.25, 0.3) is 5.91 Å². The van der Waals surface area contributed by atoms with Gasteiger partial charge in [0.15, 0.2) is 12.3 Å². The minimum absolute atomic E-state index is 0.0272. The number of carbonyl (C=O) groups excluding carboxylic acids is 1. The van der Waals surface area contributed by atoms with E-state index in [1.54, 1.807) is 19.2 Å². The number of aryl methyl sites for hydroxylation is 2. The zero-order valence-corrected chi connectivity index (χ0v) is 18.0. The Hall–Kier alpha value is -3.50. The molecule has 0 unspecified atom stereocenters. The van der Waals surface area contributed by atoms with Gasteiger partial charge in [0, 0.05) is 25.7 Å². The Morgan fingerprint density at radius 1 is 1.19 bits per heavy atom. The van der Waals surface area contributed by atoms with Crippen LogP contribution < -0.4 is 19.5 Å². The second-order valence-electron chi connectivity index (χ2n) is 6.98. The van der Waals surface area contributed by atoms with Gasteiger partial charge in [0.2, 0.25) is 5.88 Å². The summed E-state index contributed by atoms with van der Waals surface area (Å²) in [4.78, 5) is 16.2. The molecule has 0 saturated carbocycles. The van der Waals surface area contributed by atoms with Crippen LogP contribution in [0.25, 0.3) is 11.0 Å². The number of halogens is 3. The largest absolute Gasteiger partial charge is 0.497 e. The van der Waals surface area contributed by atoms with Gasteiger partial charge in [-0.25, -0.2) is 0 Å². The number of aromatic nitrogens is 3. The van der Waals surface area contributed by atoms with Crippen molar-refractivity contribution in [2.45, 2.75) is 19.5 Å². The Kier molecular flexibility index (Phi) is 6.75. The van der Waals surface area contributed by atoms with Crippen molar-refractivity contribution in [3.63, 3.8) is 0 Å².